The van der Waals surface area contributed by atoms with Gasteiger partial charge in [0.05, 0.1) is 21.5 Å². The molecule has 0 amide bonds. The van der Waals surface area contributed by atoms with Crippen LogP contribution in [0.25, 0.3) is 0 Å². The molecule has 0 saturated heterocycles. The summed E-state index contributed by atoms with van der Waals surface area (Å²) in [6.07, 6.45) is 0. The van der Waals surface area contributed by atoms with Gasteiger partial charge in [0, 0.05) is 17.0 Å². The molecule has 1 heterocycles. The highest BCUT2D eigenvalue weighted by molar-refractivity contribution is 7.84. The number of thiophene rings is 1. The number of carbonyl (C=O) groups is 1. The van der Waals surface area contributed by atoms with Crippen molar-refractivity contribution in [3.05, 3.63) is 56.3 Å². The summed E-state index contributed by atoms with van der Waals surface area (Å²) < 4.78 is 12.1. The monoisotopic (exact) mass is 311 g/mol. The van der Waals surface area contributed by atoms with Gasteiger partial charge in [0.2, 0.25) is 0 Å². The number of non-ortho nitro benzene ring substituents is 1. The molecule has 0 radical (unpaired) electrons. The predicted molar refractivity (Wildman–Crippen MR) is 74.5 cm³/mol. The van der Waals surface area contributed by atoms with Crippen molar-refractivity contribution in [2.24, 2.45) is 0 Å². The van der Waals surface area contributed by atoms with Crippen molar-refractivity contribution in [3.8, 4) is 0 Å². The number of nitrogens with zero attached hydrogens (tertiary/aromatic N) is 1. The van der Waals surface area contributed by atoms with E-state index >= 15 is 0 Å². The van der Waals surface area contributed by atoms with E-state index in [9.17, 15) is 19.1 Å². The van der Waals surface area contributed by atoms with E-state index in [1.165, 1.54) is 24.3 Å². The lowest BCUT2D eigenvalue weighted by molar-refractivity contribution is -0.384. The van der Waals surface area contributed by atoms with E-state index in [1.54, 1.807) is 11.4 Å². The second-order valence-electron chi connectivity index (χ2n) is 3.82. The third-order valence-electron chi connectivity index (χ3n) is 2.54. The van der Waals surface area contributed by atoms with E-state index in [0.717, 1.165) is 11.3 Å². The first-order valence-electron chi connectivity index (χ1n) is 5.41. The summed E-state index contributed by atoms with van der Waals surface area (Å²) in [5, 5.41) is 21.1. The Morgan fingerprint density at radius 1 is 1.30 bits per heavy atom. The molecule has 0 bridgehead atoms. The number of hydrogen-bond donors (Lipinski definition) is 1. The van der Waals surface area contributed by atoms with Gasteiger partial charge in [0.25, 0.3) is 5.69 Å². The maximum absolute atomic E-state index is 12.1. The molecule has 6 nitrogen and oxygen atoms in total. The van der Waals surface area contributed by atoms with Crippen LogP contribution in [0.5, 0.6) is 0 Å². The SMILES string of the molecule is O=C(O)c1sccc1CS(=O)c1ccc([N+](=O)[O-])cc1. The van der Waals surface area contributed by atoms with Crippen LogP contribution >= 0.6 is 11.3 Å². The maximum Gasteiger partial charge on any atom is 0.346 e. The molecule has 0 fully saturated rings. The first-order valence-corrected chi connectivity index (χ1v) is 7.61. The van der Waals surface area contributed by atoms with Crippen LogP contribution in [0.15, 0.2) is 40.6 Å². The fourth-order valence-corrected chi connectivity index (χ4v) is 3.56. The van der Waals surface area contributed by atoms with Crippen LogP contribution in [0, 0.1) is 10.1 Å². The standard InChI is InChI=1S/C12H9NO5S2/c14-12(15)11-8(5-6-19-11)7-20(18)10-3-1-9(2-4-10)13(16)17/h1-6H,7H2,(H,14,15). The molecular formula is C12H9NO5S2. The molecule has 1 unspecified atom stereocenters. The average Bonchev–Trinajstić information content (AvgIpc) is 2.87. The van der Waals surface area contributed by atoms with E-state index in [1.807, 2.05) is 0 Å². The highest BCUT2D eigenvalue weighted by atomic mass is 32.2. The lowest BCUT2D eigenvalue weighted by atomic mass is 10.3. The maximum atomic E-state index is 12.1. The first-order chi connectivity index (χ1) is 9.49. The number of benzene rings is 1. The third kappa shape index (κ3) is 3.09. The third-order valence-corrected chi connectivity index (χ3v) is 4.85. The molecular weight excluding hydrogens is 302 g/mol. The van der Waals surface area contributed by atoms with Crippen LogP contribution in [0.1, 0.15) is 15.2 Å². The highest BCUT2D eigenvalue weighted by Gasteiger charge is 2.15. The van der Waals surface area contributed by atoms with E-state index in [-0.39, 0.29) is 16.3 Å². The number of carboxylic acid groups (broad SMARTS) is 1. The lowest BCUT2D eigenvalue weighted by Crippen LogP contribution is -2.02. The van der Waals surface area contributed by atoms with Crippen molar-refractivity contribution in [1.82, 2.24) is 0 Å². The molecule has 104 valence electrons. The van der Waals surface area contributed by atoms with Crippen molar-refractivity contribution in [2.45, 2.75) is 10.6 Å². The molecule has 0 spiro atoms. The zero-order valence-electron chi connectivity index (χ0n) is 10.0. The Bertz CT molecular complexity index is 677. The molecule has 20 heavy (non-hydrogen) atoms. The number of nitro benzene ring substituents is 1. The molecule has 0 aliphatic rings. The van der Waals surface area contributed by atoms with Gasteiger partial charge in [-0.2, -0.15) is 0 Å². The van der Waals surface area contributed by atoms with Gasteiger partial charge >= 0.3 is 5.97 Å². The fraction of sp³-hybridized carbons (Fsp3) is 0.0833. The Labute approximate surface area is 120 Å². The molecule has 8 heteroatoms. The van der Waals surface area contributed by atoms with Gasteiger partial charge in [-0.05, 0) is 29.1 Å². The largest absolute Gasteiger partial charge is 0.477 e. The summed E-state index contributed by atoms with van der Waals surface area (Å²) in [5.74, 6) is -0.973. The van der Waals surface area contributed by atoms with E-state index in [2.05, 4.69) is 0 Å². The smallest absolute Gasteiger partial charge is 0.346 e. The minimum Gasteiger partial charge on any atom is -0.477 e. The quantitative estimate of drug-likeness (QED) is 0.676. The number of nitro groups is 1. The van der Waals surface area contributed by atoms with Crippen molar-refractivity contribution in [2.75, 3.05) is 0 Å². The number of rotatable bonds is 5. The van der Waals surface area contributed by atoms with Crippen LogP contribution < -0.4 is 0 Å². The van der Waals surface area contributed by atoms with E-state index in [0.29, 0.717) is 10.5 Å². The summed E-state index contributed by atoms with van der Waals surface area (Å²) in [7, 11) is -1.44. The summed E-state index contributed by atoms with van der Waals surface area (Å²) in [6, 6.07) is 7.01. The Hall–Kier alpha value is -2.06. The van der Waals surface area contributed by atoms with Gasteiger partial charge in [-0.1, -0.05) is 0 Å². The summed E-state index contributed by atoms with van der Waals surface area (Å²) in [6.45, 7) is 0. The minimum absolute atomic E-state index is 0.0724. The van der Waals surface area contributed by atoms with Crippen molar-refractivity contribution in [3.63, 3.8) is 0 Å². The van der Waals surface area contributed by atoms with Crippen molar-refractivity contribution in [1.29, 1.82) is 0 Å². The van der Waals surface area contributed by atoms with Gasteiger partial charge in [0.1, 0.15) is 4.88 Å². The number of carboxylic acids is 1. The van der Waals surface area contributed by atoms with Crippen molar-refractivity contribution < 1.29 is 19.0 Å². The Kier molecular flexibility index (Phi) is 4.26. The van der Waals surface area contributed by atoms with Gasteiger partial charge in [-0.25, -0.2) is 4.79 Å². The molecule has 1 aromatic heterocycles. The molecule has 2 rings (SSSR count). The molecule has 0 aliphatic carbocycles. The molecule has 0 aliphatic heterocycles. The van der Waals surface area contributed by atoms with E-state index < -0.39 is 21.7 Å². The molecule has 0 saturated carbocycles. The fourth-order valence-electron chi connectivity index (χ4n) is 1.58. The molecule has 1 atom stereocenters. The summed E-state index contributed by atoms with van der Waals surface area (Å²) in [5.41, 5.74) is 0.423. The van der Waals surface area contributed by atoms with Crippen LogP contribution in [0.4, 0.5) is 5.69 Å². The van der Waals surface area contributed by atoms with Gasteiger partial charge in [-0.3, -0.25) is 14.3 Å². The Balaban J connectivity index is 2.17. The minimum atomic E-state index is -1.44. The van der Waals surface area contributed by atoms with Crippen LogP contribution in [-0.2, 0) is 16.6 Å². The van der Waals surface area contributed by atoms with Gasteiger partial charge < -0.3 is 5.11 Å². The Morgan fingerprint density at radius 2 is 1.95 bits per heavy atom. The molecule has 1 N–H and O–H groups in total. The summed E-state index contributed by atoms with van der Waals surface area (Å²) >= 11 is 1.08. The zero-order chi connectivity index (χ0) is 14.7. The van der Waals surface area contributed by atoms with Crippen LogP contribution in [0.2, 0.25) is 0 Å². The normalized spacial score (nSPS) is 12.0. The van der Waals surface area contributed by atoms with Crippen molar-refractivity contribution >= 4 is 33.8 Å². The van der Waals surface area contributed by atoms with Crippen LogP contribution in [-0.4, -0.2) is 20.2 Å². The zero-order valence-corrected chi connectivity index (χ0v) is 11.6. The topological polar surface area (TPSA) is 97.5 Å². The highest BCUT2D eigenvalue weighted by Crippen LogP contribution is 2.22. The average molecular weight is 311 g/mol. The van der Waals surface area contributed by atoms with Crippen LogP contribution in [0.3, 0.4) is 0 Å². The first kappa shape index (κ1) is 14.4. The second kappa shape index (κ2) is 5.93. The second-order valence-corrected chi connectivity index (χ2v) is 6.19. The number of aromatic carboxylic acids is 1. The number of hydrogen-bond acceptors (Lipinski definition) is 5. The molecule has 2 aromatic rings. The molecule has 1 aromatic carbocycles. The Morgan fingerprint density at radius 3 is 2.50 bits per heavy atom. The summed E-state index contributed by atoms with van der Waals surface area (Å²) in [4.78, 5) is 21.5. The predicted octanol–water partition coefficient (Wildman–Crippen LogP) is 2.66. The van der Waals surface area contributed by atoms with Gasteiger partial charge in [0.15, 0.2) is 0 Å². The lowest BCUT2D eigenvalue weighted by Gasteiger charge is -2.02. The van der Waals surface area contributed by atoms with Gasteiger partial charge in [-0.15, -0.1) is 11.3 Å². The van der Waals surface area contributed by atoms with E-state index in [4.69, 9.17) is 5.11 Å².